The molecule has 0 heterocycles. The Morgan fingerprint density at radius 1 is 0.917 bits per heavy atom. The van der Waals surface area contributed by atoms with Gasteiger partial charge in [0.1, 0.15) is 0 Å². The maximum Gasteiger partial charge on any atom is 0.0148 e. The highest BCUT2D eigenvalue weighted by molar-refractivity contribution is 4.81. The van der Waals surface area contributed by atoms with E-state index in [9.17, 15) is 0 Å². The summed E-state index contributed by atoms with van der Waals surface area (Å²) in [5, 5.41) is 3.64. The average molecular weight is 171 g/mol. The van der Waals surface area contributed by atoms with Gasteiger partial charge in [0.05, 0.1) is 0 Å². The summed E-state index contributed by atoms with van der Waals surface area (Å²) in [5.41, 5.74) is 0.735. The quantitative estimate of drug-likeness (QED) is 0.685. The molecule has 12 heavy (non-hydrogen) atoms. The number of hydrogen-bond acceptors (Lipinski definition) is 1. The summed E-state index contributed by atoms with van der Waals surface area (Å²) >= 11 is 0. The first kappa shape index (κ1) is 12.0. The number of rotatable bonds is 4. The SMILES string of the molecule is CCC(C)(CC)NCC(C)(C)C. The van der Waals surface area contributed by atoms with E-state index in [-0.39, 0.29) is 0 Å². The minimum atomic E-state index is 0.341. The Morgan fingerprint density at radius 3 is 1.58 bits per heavy atom. The summed E-state index contributed by atoms with van der Waals surface area (Å²) in [6, 6.07) is 0. The van der Waals surface area contributed by atoms with Gasteiger partial charge in [-0.3, -0.25) is 0 Å². The molecule has 0 unspecified atom stereocenters. The van der Waals surface area contributed by atoms with Crippen molar-refractivity contribution < 1.29 is 0 Å². The van der Waals surface area contributed by atoms with E-state index in [0.717, 1.165) is 6.54 Å². The van der Waals surface area contributed by atoms with Crippen LogP contribution in [0.1, 0.15) is 54.4 Å². The molecule has 74 valence electrons. The number of hydrogen-bond donors (Lipinski definition) is 1. The molecular weight excluding hydrogens is 146 g/mol. The van der Waals surface area contributed by atoms with Crippen LogP contribution in [0.2, 0.25) is 0 Å². The molecule has 0 spiro atoms. The molecule has 0 saturated carbocycles. The maximum atomic E-state index is 3.64. The van der Waals surface area contributed by atoms with Crippen LogP contribution < -0.4 is 5.32 Å². The molecular formula is C11H25N. The minimum absolute atomic E-state index is 0.341. The summed E-state index contributed by atoms with van der Waals surface area (Å²) < 4.78 is 0. The molecule has 0 aromatic heterocycles. The van der Waals surface area contributed by atoms with E-state index in [4.69, 9.17) is 0 Å². The summed E-state index contributed by atoms with van der Waals surface area (Å²) in [4.78, 5) is 0. The third-order valence-corrected chi connectivity index (χ3v) is 2.61. The molecule has 0 aromatic rings. The molecule has 1 heteroatoms. The monoisotopic (exact) mass is 171 g/mol. The van der Waals surface area contributed by atoms with Crippen molar-refractivity contribution in [3.05, 3.63) is 0 Å². The van der Waals surface area contributed by atoms with Gasteiger partial charge in [-0.1, -0.05) is 34.6 Å². The van der Waals surface area contributed by atoms with Gasteiger partial charge in [0, 0.05) is 12.1 Å². The van der Waals surface area contributed by atoms with E-state index in [1.165, 1.54) is 12.8 Å². The fourth-order valence-corrected chi connectivity index (χ4v) is 0.979. The first-order chi connectivity index (χ1) is 5.33. The van der Waals surface area contributed by atoms with Gasteiger partial charge in [-0.15, -0.1) is 0 Å². The van der Waals surface area contributed by atoms with Gasteiger partial charge in [0.2, 0.25) is 0 Å². The Bertz CT molecular complexity index is 117. The van der Waals surface area contributed by atoms with E-state index < -0.39 is 0 Å². The molecule has 0 aromatic carbocycles. The lowest BCUT2D eigenvalue weighted by atomic mass is 9.91. The maximum absolute atomic E-state index is 3.64. The van der Waals surface area contributed by atoms with Crippen molar-refractivity contribution in [3.8, 4) is 0 Å². The van der Waals surface area contributed by atoms with Crippen molar-refractivity contribution >= 4 is 0 Å². The summed E-state index contributed by atoms with van der Waals surface area (Å²) in [6.07, 6.45) is 2.42. The minimum Gasteiger partial charge on any atom is -0.311 e. The van der Waals surface area contributed by atoms with Crippen LogP contribution in [0, 0.1) is 5.41 Å². The van der Waals surface area contributed by atoms with Crippen molar-refractivity contribution in [2.24, 2.45) is 5.41 Å². The second-order valence-electron chi connectivity index (χ2n) is 5.18. The predicted octanol–water partition coefficient (Wildman–Crippen LogP) is 3.20. The van der Waals surface area contributed by atoms with E-state index in [2.05, 4.69) is 46.9 Å². The topological polar surface area (TPSA) is 12.0 Å². The Morgan fingerprint density at radius 2 is 1.33 bits per heavy atom. The van der Waals surface area contributed by atoms with Crippen molar-refractivity contribution in [3.63, 3.8) is 0 Å². The van der Waals surface area contributed by atoms with E-state index in [1.807, 2.05) is 0 Å². The second kappa shape index (κ2) is 4.27. The van der Waals surface area contributed by atoms with E-state index in [0.29, 0.717) is 11.0 Å². The van der Waals surface area contributed by atoms with Gasteiger partial charge < -0.3 is 5.32 Å². The van der Waals surface area contributed by atoms with Gasteiger partial charge >= 0.3 is 0 Å². The lowest BCUT2D eigenvalue weighted by Crippen LogP contribution is -2.45. The van der Waals surface area contributed by atoms with Crippen LogP contribution in [0.4, 0.5) is 0 Å². The van der Waals surface area contributed by atoms with Crippen LogP contribution in [0.3, 0.4) is 0 Å². The Labute approximate surface area is 77.9 Å². The zero-order valence-electron chi connectivity index (χ0n) is 9.62. The van der Waals surface area contributed by atoms with Gasteiger partial charge in [-0.2, -0.15) is 0 Å². The molecule has 0 rings (SSSR count). The van der Waals surface area contributed by atoms with Crippen molar-refractivity contribution in [2.45, 2.75) is 59.9 Å². The van der Waals surface area contributed by atoms with Crippen molar-refractivity contribution in [1.82, 2.24) is 5.32 Å². The Kier molecular flexibility index (Phi) is 4.25. The third-order valence-electron chi connectivity index (χ3n) is 2.61. The molecule has 0 amide bonds. The molecule has 0 bridgehead atoms. The smallest absolute Gasteiger partial charge is 0.0148 e. The molecule has 0 saturated heterocycles. The van der Waals surface area contributed by atoms with E-state index in [1.54, 1.807) is 0 Å². The largest absolute Gasteiger partial charge is 0.311 e. The van der Waals surface area contributed by atoms with Crippen LogP contribution in [-0.4, -0.2) is 12.1 Å². The number of nitrogens with one attached hydrogen (secondary N) is 1. The van der Waals surface area contributed by atoms with Crippen LogP contribution in [0.15, 0.2) is 0 Å². The Balaban J connectivity index is 3.89. The highest BCUT2D eigenvalue weighted by Gasteiger charge is 2.21. The average Bonchev–Trinajstić information content (AvgIpc) is 1.99. The molecule has 0 aliphatic rings. The molecule has 1 nitrogen and oxygen atoms in total. The molecule has 0 atom stereocenters. The van der Waals surface area contributed by atoms with E-state index >= 15 is 0 Å². The zero-order valence-corrected chi connectivity index (χ0v) is 9.62. The van der Waals surface area contributed by atoms with Crippen LogP contribution in [0.5, 0.6) is 0 Å². The molecule has 1 N–H and O–H groups in total. The van der Waals surface area contributed by atoms with Gasteiger partial charge in [-0.05, 0) is 25.2 Å². The van der Waals surface area contributed by atoms with Gasteiger partial charge in [0.15, 0.2) is 0 Å². The third kappa shape index (κ3) is 4.76. The van der Waals surface area contributed by atoms with Crippen LogP contribution in [0.25, 0.3) is 0 Å². The molecule has 0 radical (unpaired) electrons. The molecule has 0 aliphatic carbocycles. The van der Waals surface area contributed by atoms with Gasteiger partial charge in [0.25, 0.3) is 0 Å². The predicted molar refractivity (Wildman–Crippen MR) is 56.4 cm³/mol. The fraction of sp³-hybridized carbons (Fsp3) is 1.00. The fourth-order valence-electron chi connectivity index (χ4n) is 0.979. The van der Waals surface area contributed by atoms with Crippen LogP contribution in [-0.2, 0) is 0 Å². The molecule has 0 fully saturated rings. The molecule has 0 aliphatic heterocycles. The zero-order chi connectivity index (χ0) is 9.83. The highest BCUT2D eigenvalue weighted by Crippen LogP contribution is 2.17. The van der Waals surface area contributed by atoms with Crippen LogP contribution >= 0.6 is 0 Å². The Hall–Kier alpha value is -0.0400. The summed E-state index contributed by atoms with van der Waals surface area (Å²) in [5.74, 6) is 0. The normalized spacial score (nSPS) is 13.5. The van der Waals surface area contributed by atoms with Crippen molar-refractivity contribution in [1.29, 1.82) is 0 Å². The first-order valence-corrected chi connectivity index (χ1v) is 5.08. The highest BCUT2D eigenvalue weighted by atomic mass is 15.0. The second-order valence-corrected chi connectivity index (χ2v) is 5.18. The summed E-state index contributed by atoms with van der Waals surface area (Å²) in [6.45, 7) is 14.7. The van der Waals surface area contributed by atoms with Crippen molar-refractivity contribution in [2.75, 3.05) is 6.54 Å². The standard InChI is InChI=1S/C11H25N/c1-7-11(6,8-2)12-9-10(3,4)5/h12H,7-9H2,1-6H3. The summed E-state index contributed by atoms with van der Waals surface area (Å²) in [7, 11) is 0. The lowest BCUT2D eigenvalue weighted by Gasteiger charge is -2.32. The first-order valence-electron chi connectivity index (χ1n) is 5.08. The van der Waals surface area contributed by atoms with Gasteiger partial charge in [-0.25, -0.2) is 0 Å². The lowest BCUT2D eigenvalue weighted by molar-refractivity contribution is 0.270.